The maximum atomic E-state index is 6.16. The van der Waals surface area contributed by atoms with E-state index in [9.17, 15) is 0 Å². The van der Waals surface area contributed by atoms with Crippen LogP contribution in [0.3, 0.4) is 0 Å². The second-order valence-corrected chi connectivity index (χ2v) is 7.19. The van der Waals surface area contributed by atoms with Gasteiger partial charge in [0.25, 0.3) is 0 Å². The molecule has 0 radical (unpaired) electrons. The minimum atomic E-state index is 0.450. The van der Waals surface area contributed by atoms with Crippen LogP contribution >= 0.6 is 0 Å². The fourth-order valence-corrected chi connectivity index (χ4v) is 4.63. The molecule has 3 rings (SSSR count). The Bertz CT molecular complexity index is 286. The molecule has 3 heteroatoms. The predicted molar refractivity (Wildman–Crippen MR) is 80.2 cm³/mol. The molecule has 0 amide bonds. The van der Waals surface area contributed by atoms with Gasteiger partial charge in [-0.25, -0.2) is 0 Å². The van der Waals surface area contributed by atoms with Gasteiger partial charge in [-0.3, -0.25) is 4.90 Å². The first-order valence-electron chi connectivity index (χ1n) is 8.48. The molecule has 3 nitrogen and oxygen atoms in total. The molecule has 2 saturated heterocycles. The molecule has 1 atom stereocenters. The minimum Gasteiger partial charge on any atom is -0.330 e. The fraction of sp³-hybridized carbons (Fsp3) is 1.00. The lowest BCUT2D eigenvalue weighted by molar-refractivity contribution is 0.105. The van der Waals surface area contributed by atoms with E-state index in [0.717, 1.165) is 12.6 Å². The van der Waals surface area contributed by atoms with Gasteiger partial charge in [0.1, 0.15) is 0 Å². The molecule has 0 bridgehead atoms. The monoisotopic (exact) mass is 265 g/mol. The Balaban J connectivity index is 1.61. The molecule has 19 heavy (non-hydrogen) atoms. The number of nitrogens with two attached hydrogens (primary N) is 1. The van der Waals surface area contributed by atoms with Crippen molar-refractivity contribution in [3.8, 4) is 0 Å². The summed E-state index contributed by atoms with van der Waals surface area (Å²) in [4.78, 5) is 5.49. The Morgan fingerprint density at radius 3 is 2.53 bits per heavy atom. The summed E-state index contributed by atoms with van der Waals surface area (Å²) in [6.07, 6.45) is 11.2. The SMILES string of the molecule is NCC1(CN2CCCN3CCCC3C2)CCCCC1. The summed E-state index contributed by atoms with van der Waals surface area (Å²) in [6.45, 7) is 7.46. The fourth-order valence-electron chi connectivity index (χ4n) is 4.63. The summed E-state index contributed by atoms with van der Waals surface area (Å²) < 4.78 is 0. The molecule has 1 saturated carbocycles. The standard InChI is InChI=1S/C16H31N3/c17-13-16(7-2-1-3-8-16)14-18-9-5-11-19-10-4-6-15(19)12-18/h15H,1-14,17H2. The van der Waals surface area contributed by atoms with Gasteiger partial charge in [-0.05, 0) is 63.7 Å². The molecule has 110 valence electrons. The summed E-state index contributed by atoms with van der Waals surface area (Å²) in [5.74, 6) is 0. The van der Waals surface area contributed by atoms with Crippen LogP contribution in [0, 0.1) is 5.41 Å². The van der Waals surface area contributed by atoms with Crippen LogP contribution < -0.4 is 5.73 Å². The number of hydrogen-bond acceptors (Lipinski definition) is 3. The van der Waals surface area contributed by atoms with Crippen LogP contribution in [0.1, 0.15) is 51.4 Å². The maximum Gasteiger partial charge on any atom is 0.0223 e. The normalized spacial score (nSPS) is 33.0. The van der Waals surface area contributed by atoms with E-state index in [2.05, 4.69) is 9.80 Å². The summed E-state index contributed by atoms with van der Waals surface area (Å²) in [7, 11) is 0. The lowest BCUT2D eigenvalue weighted by atomic mass is 9.73. The molecule has 2 heterocycles. The average Bonchev–Trinajstić information content (AvgIpc) is 2.79. The molecule has 0 aromatic heterocycles. The third kappa shape index (κ3) is 3.14. The van der Waals surface area contributed by atoms with E-state index in [0.29, 0.717) is 5.41 Å². The van der Waals surface area contributed by atoms with E-state index in [1.807, 2.05) is 0 Å². The van der Waals surface area contributed by atoms with Crippen molar-refractivity contribution in [2.24, 2.45) is 11.1 Å². The van der Waals surface area contributed by atoms with Crippen molar-refractivity contribution >= 4 is 0 Å². The second-order valence-electron chi connectivity index (χ2n) is 7.19. The second kappa shape index (κ2) is 6.11. The van der Waals surface area contributed by atoms with Crippen LogP contribution in [0.25, 0.3) is 0 Å². The highest BCUT2D eigenvalue weighted by atomic mass is 15.3. The molecule has 3 aliphatic rings. The molecule has 2 aliphatic heterocycles. The van der Waals surface area contributed by atoms with Crippen molar-refractivity contribution in [2.45, 2.75) is 57.4 Å². The van der Waals surface area contributed by atoms with Crippen LogP contribution in [-0.4, -0.2) is 55.1 Å². The summed E-state index contributed by atoms with van der Waals surface area (Å²) in [5.41, 5.74) is 6.61. The van der Waals surface area contributed by atoms with Crippen LogP contribution in [0.5, 0.6) is 0 Å². The van der Waals surface area contributed by atoms with Gasteiger partial charge in [0.2, 0.25) is 0 Å². The number of nitrogens with zero attached hydrogens (tertiary/aromatic N) is 2. The number of hydrogen-bond donors (Lipinski definition) is 1. The lowest BCUT2D eigenvalue weighted by Gasteiger charge is -2.40. The smallest absolute Gasteiger partial charge is 0.0223 e. The first kappa shape index (κ1) is 13.8. The highest BCUT2D eigenvalue weighted by Crippen LogP contribution is 2.36. The third-order valence-corrected chi connectivity index (χ3v) is 5.79. The van der Waals surface area contributed by atoms with E-state index in [1.54, 1.807) is 0 Å². The first-order valence-corrected chi connectivity index (χ1v) is 8.48. The van der Waals surface area contributed by atoms with Crippen molar-refractivity contribution < 1.29 is 0 Å². The van der Waals surface area contributed by atoms with E-state index in [-0.39, 0.29) is 0 Å². The summed E-state index contributed by atoms with van der Waals surface area (Å²) in [6, 6.07) is 0.848. The van der Waals surface area contributed by atoms with Gasteiger partial charge >= 0.3 is 0 Å². The molecule has 2 N–H and O–H groups in total. The van der Waals surface area contributed by atoms with Crippen molar-refractivity contribution in [2.75, 3.05) is 39.3 Å². The van der Waals surface area contributed by atoms with Crippen LogP contribution in [0.2, 0.25) is 0 Å². The Hall–Kier alpha value is -0.120. The molecular formula is C16H31N3. The van der Waals surface area contributed by atoms with Gasteiger partial charge in [0.05, 0.1) is 0 Å². The minimum absolute atomic E-state index is 0.450. The van der Waals surface area contributed by atoms with Crippen molar-refractivity contribution in [3.05, 3.63) is 0 Å². The maximum absolute atomic E-state index is 6.16. The highest BCUT2D eigenvalue weighted by Gasteiger charge is 2.35. The van der Waals surface area contributed by atoms with Crippen LogP contribution in [0.4, 0.5) is 0 Å². The number of fused-ring (bicyclic) bond motifs is 1. The zero-order valence-corrected chi connectivity index (χ0v) is 12.4. The topological polar surface area (TPSA) is 32.5 Å². The molecule has 0 aromatic rings. The molecule has 0 spiro atoms. The Morgan fingerprint density at radius 2 is 1.74 bits per heavy atom. The third-order valence-electron chi connectivity index (χ3n) is 5.79. The highest BCUT2D eigenvalue weighted by molar-refractivity contribution is 4.90. The average molecular weight is 265 g/mol. The van der Waals surface area contributed by atoms with Crippen molar-refractivity contribution in [3.63, 3.8) is 0 Å². The van der Waals surface area contributed by atoms with E-state index >= 15 is 0 Å². The Kier molecular flexibility index (Phi) is 4.45. The van der Waals surface area contributed by atoms with Crippen LogP contribution in [-0.2, 0) is 0 Å². The molecule has 1 aliphatic carbocycles. The van der Waals surface area contributed by atoms with Crippen LogP contribution in [0.15, 0.2) is 0 Å². The van der Waals surface area contributed by atoms with E-state index in [4.69, 9.17) is 5.73 Å². The summed E-state index contributed by atoms with van der Waals surface area (Å²) in [5, 5.41) is 0. The van der Waals surface area contributed by atoms with Gasteiger partial charge in [-0.1, -0.05) is 19.3 Å². The van der Waals surface area contributed by atoms with E-state index in [1.165, 1.54) is 84.1 Å². The lowest BCUT2D eigenvalue weighted by Crippen LogP contribution is -2.46. The zero-order valence-electron chi connectivity index (χ0n) is 12.4. The van der Waals surface area contributed by atoms with Gasteiger partial charge in [-0.2, -0.15) is 0 Å². The Labute approximate surface area is 118 Å². The van der Waals surface area contributed by atoms with Gasteiger partial charge in [0, 0.05) is 19.1 Å². The van der Waals surface area contributed by atoms with Gasteiger partial charge in [-0.15, -0.1) is 0 Å². The molecule has 3 fully saturated rings. The largest absolute Gasteiger partial charge is 0.330 e. The van der Waals surface area contributed by atoms with E-state index < -0.39 is 0 Å². The van der Waals surface area contributed by atoms with Crippen molar-refractivity contribution in [1.82, 2.24) is 9.80 Å². The Morgan fingerprint density at radius 1 is 0.947 bits per heavy atom. The molecule has 1 unspecified atom stereocenters. The quantitative estimate of drug-likeness (QED) is 0.848. The molecule has 0 aromatic carbocycles. The zero-order chi connectivity index (χ0) is 13.1. The van der Waals surface area contributed by atoms with Gasteiger partial charge in [0.15, 0.2) is 0 Å². The molecular weight excluding hydrogens is 234 g/mol. The summed E-state index contributed by atoms with van der Waals surface area (Å²) >= 11 is 0. The number of rotatable bonds is 3. The van der Waals surface area contributed by atoms with Gasteiger partial charge < -0.3 is 10.6 Å². The van der Waals surface area contributed by atoms with Crippen molar-refractivity contribution in [1.29, 1.82) is 0 Å². The predicted octanol–water partition coefficient (Wildman–Crippen LogP) is 2.07. The first-order chi connectivity index (χ1) is 9.31.